The van der Waals surface area contributed by atoms with Crippen LogP contribution < -0.4 is 20.1 Å². The normalized spacial score (nSPS) is 17.0. The summed E-state index contributed by atoms with van der Waals surface area (Å²) in [5, 5.41) is 5.61. The molecule has 2 unspecified atom stereocenters. The van der Waals surface area contributed by atoms with Crippen LogP contribution in [0, 0.1) is 0 Å². The fraction of sp³-hybridized carbons (Fsp3) is 0.300. The molecule has 0 bridgehead atoms. The lowest BCUT2D eigenvalue weighted by atomic mass is 9.99. The lowest BCUT2D eigenvalue weighted by Crippen LogP contribution is -2.54. The summed E-state index contributed by atoms with van der Waals surface area (Å²) in [5.74, 6) is -0.303. The van der Waals surface area contributed by atoms with E-state index in [9.17, 15) is 14.4 Å². The number of carbonyl (C=O) groups is 3. The third-order valence-corrected chi connectivity index (χ3v) is 8.08. The minimum Gasteiger partial charge on any atom is -0.486 e. The van der Waals surface area contributed by atoms with E-state index in [-0.39, 0.29) is 18.9 Å². The molecule has 3 aromatic rings. The van der Waals surface area contributed by atoms with Gasteiger partial charge in [-0.1, -0.05) is 67.6 Å². The maximum Gasteiger partial charge on any atom is 0.289 e. The summed E-state index contributed by atoms with van der Waals surface area (Å²) in [6.45, 7) is 3.83. The average Bonchev–Trinajstić information content (AvgIpc) is 2.98. The number of likely N-dealkylation sites (N-methyl/N-ethyl adjacent to an activating group) is 1. The van der Waals surface area contributed by atoms with Gasteiger partial charge in [0.25, 0.3) is 5.91 Å². The van der Waals surface area contributed by atoms with E-state index in [2.05, 4.69) is 10.6 Å². The zero-order valence-corrected chi connectivity index (χ0v) is 22.5. The van der Waals surface area contributed by atoms with Gasteiger partial charge in [0.1, 0.15) is 25.3 Å². The summed E-state index contributed by atoms with van der Waals surface area (Å²) in [5.41, 5.74) is 2.72. The van der Waals surface area contributed by atoms with Gasteiger partial charge in [-0.25, -0.2) is 4.31 Å². The first kappa shape index (κ1) is 26.8. The second-order valence-electron chi connectivity index (χ2n) is 9.43. The number of hydrogen-bond acceptors (Lipinski definition) is 7. The molecule has 2 atom stereocenters. The van der Waals surface area contributed by atoms with Crippen molar-refractivity contribution in [3.05, 3.63) is 89.5 Å². The largest absolute Gasteiger partial charge is 0.486 e. The molecule has 2 aliphatic heterocycles. The fourth-order valence-corrected chi connectivity index (χ4v) is 5.81. The second-order valence-corrected chi connectivity index (χ2v) is 10.5. The number of benzene rings is 3. The molecule has 0 spiro atoms. The molecule has 2 heterocycles. The summed E-state index contributed by atoms with van der Waals surface area (Å²) < 4.78 is 13.5. The highest BCUT2D eigenvalue weighted by Gasteiger charge is 2.36. The Labute approximate surface area is 232 Å². The molecule has 0 aromatic heterocycles. The minimum atomic E-state index is -0.999. The minimum absolute atomic E-state index is 0.214. The second kappa shape index (κ2) is 12.4. The number of Topliss-reactive ketones (excluding diaryl/α,β-unsaturated/α-hetero) is 1. The maximum atomic E-state index is 13.7. The van der Waals surface area contributed by atoms with Gasteiger partial charge in [-0.05, 0) is 47.2 Å². The molecule has 2 amide bonds. The highest BCUT2D eigenvalue weighted by molar-refractivity contribution is 7.97. The average molecular weight is 546 g/mol. The number of ketones is 1. The van der Waals surface area contributed by atoms with Crippen LogP contribution in [-0.4, -0.2) is 53.7 Å². The Morgan fingerprint density at radius 1 is 0.949 bits per heavy atom. The van der Waals surface area contributed by atoms with Gasteiger partial charge in [-0.2, -0.15) is 0 Å². The van der Waals surface area contributed by atoms with Crippen LogP contribution >= 0.6 is 11.9 Å². The summed E-state index contributed by atoms with van der Waals surface area (Å²) >= 11 is 1.49. The van der Waals surface area contributed by atoms with E-state index >= 15 is 0 Å². The van der Waals surface area contributed by atoms with Crippen LogP contribution in [0.3, 0.4) is 0 Å². The van der Waals surface area contributed by atoms with Crippen molar-refractivity contribution in [2.45, 2.75) is 43.3 Å². The summed E-state index contributed by atoms with van der Waals surface area (Å²) in [7, 11) is 0. The van der Waals surface area contributed by atoms with Crippen molar-refractivity contribution in [3.63, 3.8) is 0 Å². The summed E-state index contributed by atoms with van der Waals surface area (Å²) in [4.78, 5) is 40.9. The topological polar surface area (TPSA) is 97.0 Å². The fourth-order valence-electron chi connectivity index (χ4n) is 4.72. The van der Waals surface area contributed by atoms with Gasteiger partial charge in [-0.15, -0.1) is 0 Å². The molecule has 0 saturated carbocycles. The van der Waals surface area contributed by atoms with Crippen molar-refractivity contribution in [3.8, 4) is 11.5 Å². The number of carbonyl (C=O) groups excluding carboxylic acids is 3. The zero-order chi connectivity index (χ0) is 27.2. The van der Waals surface area contributed by atoms with Gasteiger partial charge < -0.3 is 20.1 Å². The Kier molecular flexibility index (Phi) is 8.48. The van der Waals surface area contributed by atoms with Crippen molar-refractivity contribution in [1.82, 2.24) is 14.9 Å². The van der Waals surface area contributed by atoms with Crippen molar-refractivity contribution >= 4 is 29.5 Å². The van der Waals surface area contributed by atoms with E-state index < -0.39 is 23.8 Å². The van der Waals surface area contributed by atoms with Crippen LogP contribution in [0.15, 0.2) is 77.7 Å². The van der Waals surface area contributed by atoms with Gasteiger partial charge >= 0.3 is 0 Å². The van der Waals surface area contributed by atoms with Crippen LogP contribution in [0.25, 0.3) is 0 Å². The van der Waals surface area contributed by atoms with Gasteiger partial charge in [0.15, 0.2) is 11.5 Å². The first-order valence-corrected chi connectivity index (χ1v) is 13.9. The Morgan fingerprint density at radius 3 is 2.26 bits per heavy atom. The molecule has 0 radical (unpaired) electrons. The van der Waals surface area contributed by atoms with Crippen molar-refractivity contribution in [1.29, 1.82) is 0 Å². The molecule has 39 heavy (non-hydrogen) atoms. The molecule has 2 aliphatic rings. The number of amides is 2. The SMILES string of the molecule is CCN1Sc2cc3c(cc2CC1C(=O)NC(Cc1ccccc1)C(=O)C(=O)NCc1ccccc1)OCCO3. The predicted octanol–water partition coefficient (Wildman–Crippen LogP) is 3.32. The monoisotopic (exact) mass is 545 g/mol. The smallest absolute Gasteiger partial charge is 0.289 e. The van der Waals surface area contributed by atoms with Crippen LogP contribution in [0.2, 0.25) is 0 Å². The van der Waals surface area contributed by atoms with Crippen molar-refractivity contribution in [2.24, 2.45) is 0 Å². The molecule has 0 saturated heterocycles. The van der Waals surface area contributed by atoms with Gasteiger partial charge in [-0.3, -0.25) is 14.4 Å². The number of rotatable bonds is 9. The molecule has 8 nitrogen and oxygen atoms in total. The third kappa shape index (κ3) is 6.43. The van der Waals surface area contributed by atoms with Crippen LogP contribution in [0.4, 0.5) is 0 Å². The lowest BCUT2D eigenvalue weighted by molar-refractivity contribution is -0.140. The maximum absolute atomic E-state index is 13.7. The highest BCUT2D eigenvalue weighted by atomic mass is 32.2. The van der Waals surface area contributed by atoms with E-state index in [0.29, 0.717) is 37.7 Å². The van der Waals surface area contributed by atoms with Crippen LogP contribution in [-0.2, 0) is 33.8 Å². The molecule has 0 aliphatic carbocycles. The van der Waals surface area contributed by atoms with E-state index in [1.165, 1.54) is 11.9 Å². The quantitative estimate of drug-likeness (QED) is 0.315. The number of nitrogens with one attached hydrogen (secondary N) is 2. The summed E-state index contributed by atoms with van der Waals surface area (Å²) in [6, 6.07) is 21.1. The molecular formula is C30H31N3O5S. The van der Waals surface area contributed by atoms with Crippen LogP contribution in [0.5, 0.6) is 11.5 Å². The van der Waals surface area contributed by atoms with Gasteiger partial charge in [0.2, 0.25) is 11.7 Å². The number of fused-ring (bicyclic) bond motifs is 2. The molecule has 2 N–H and O–H groups in total. The van der Waals surface area contributed by atoms with Crippen LogP contribution in [0.1, 0.15) is 23.6 Å². The lowest BCUT2D eigenvalue weighted by Gasteiger charge is -2.35. The highest BCUT2D eigenvalue weighted by Crippen LogP contribution is 2.42. The first-order chi connectivity index (χ1) is 19.0. The third-order valence-electron chi connectivity index (χ3n) is 6.75. The number of ether oxygens (including phenoxy) is 2. The van der Waals surface area contributed by atoms with E-state index in [0.717, 1.165) is 21.6 Å². The molecule has 5 rings (SSSR count). The van der Waals surface area contributed by atoms with E-state index in [1.807, 2.05) is 84.0 Å². The molecule has 0 fully saturated rings. The standard InChI is InChI=1S/C30H31N3O5S/c1-2-33-24(16-22-17-25-26(18-27(22)39-33)38-14-13-37-25)29(35)32-23(15-20-9-5-3-6-10-20)28(34)30(36)31-19-21-11-7-4-8-12-21/h3-12,17-18,23-24H,2,13-16,19H2,1H3,(H,31,36)(H,32,35). The Bertz CT molecular complexity index is 1340. The molecule has 3 aromatic carbocycles. The predicted molar refractivity (Wildman–Crippen MR) is 149 cm³/mol. The Hall–Kier alpha value is -3.82. The Balaban J connectivity index is 1.32. The molecule has 202 valence electrons. The number of hydrogen-bond donors (Lipinski definition) is 2. The number of nitrogens with zero attached hydrogens (tertiary/aromatic N) is 1. The van der Waals surface area contributed by atoms with Crippen molar-refractivity contribution < 1.29 is 23.9 Å². The van der Waals surface area contributed by atoms with Gasteiger partial charge in [0, 0.05) is 24.4 Å². The summed E-state index contributed by atoms with van der Waals surface area (Å²) in [6.07, 6.45) is 0.663. The Morgan fingerprint density at radius 2 is 1.59 bits per heavy atom. The van der Waals surface area contributed by atoms with E-state index in [1.54, 1.807) is 0 Å². The van der Waals surface area contributed by atoms with Crippen molar-refractivity contribution in [2.75, 3.05) is 19.8 Å². The first-order valence-electron chi connectivity index (χ1n) is 13.1. The molecular weight excluding hydrogens is 514 g/mol. The zero-order valence-electron chi connectivity index (χ0n) is 21.7. The molecule has 9 heteroatoms. The van der Waals surface area contributed by atoms with Gasteiger partial charge in [0.05, 0.1) is 0 Å². The van der Waals surface area contributed by atoms with E-state index in [4.69, 9.17) is 9.47 Å².